The SMILES string of the molecule is CCCCOc1ccc(C(=O)NCc2nnc(SC)n2-c2ccc(F)cc2)cc1. The van der Waals surface area contributed by atoms with Gasteiger partial charge in [-0.05, 0) is 61.2 Å². The first kappa shape index (κ1) is 20.9. The molecule has 152 valence electrons. The minimum atomic E-state index is -0.315. The number of hydrogen-bond donors (Lipinski definition) is 1. The number of carbonyl (C=O) groups excluding carboxylic acids is 1. The van der Waals surface area contributed by atoms with Crippen LogP contribution in [0.3, 0.4) is 0 Å². The van der Waals surface area contributed by atoms with Gasteiger partial charge >= 0.3 is 0 Å². The quantitative estimate of drug-likeness (QED) is 0.419. The summed E-state index contributed by atoms with van der Waals surface area (Å²) in [5.74, 6) is 0.776. The molecule has 2 aromatic carbocycles. The molecule has 6 nitrogen and oxygen atoms in total. The van der Waals surface area contributed by atoms with Gasteiger partial charge in [-0.2, -0.15) is 0 Å². The largest absolute Gasteiger partial charge is 0.494 e. The van der Waals surface area contributed by atoms with E-state index in [1.807, 2.05) is 6.26 Å². The molecule has 1 N–H and O–H groups in total. The first-order valence-corrected chi connectivity index (χ1v) is 10.6. The van der Waals surface area contributed by atoms with Gasteiger partial charge in [0.15, 0.2) is 11.0 Å². The van der Waals surface area contributed by atoms with Gasteiger partial charge in [0.25, 0.3) is 5.91 Å². The number of thioether (sulfide) groups is 1. The Morgan fingerprint density at radius 2 is 1.86 bits per heavy atom. The van der Waals surface area contributed by atoms with Crippen molar-refractivity contribution in [2.45, 2.75) is 31.5 Å². The smallest absolute Gasteiger partial charge is 0.251 e. The lowest BCUT2D eigenvalue weighted by molar-refractivity contribution is 0.0949. The van der Waals surface area contributed by atoms with Crippen LogP contribution in [0.5, 0.6) is 5.75 Å². The molecule has 0 radical (unpaired) electrons. The molecule has 0 saturated heterocycles. The Labute approximate surface area is 173 Å². The van der Waals surface area contributed by atoms with Gasteiger partial charge in [0.2, 0.25) is 0 Å². The van der Waals surface area contributed by atoms with E-state index in [1.165, 1.54) is 23.9 Å². The first-order chi connectivity index (χ1) is 14.1. The van der Waals surface area contributed by atoms with E-state index in [-0.39, 0.29) is 18.3 Å². The van der Waals surface area contributed by atoms with Crippen molar-refractivity contribution in [3.63, 3.8) is 0 Å². The number of aromatic nitrogens is 3. The average Bonchev–Trinajstić information content (AvgIpc) is 3.16. The van der Waals surface area contributed by atoms with Gasteiger partial charge in [-0.1, -0.05) is 25.1 Å². The Morgan fingerprint density at radius 3 is 2.52 bits per heavy atom. The fraction of sp³-hybridized carbons (Fsp3) is 0.286. The van der Waals surface area contributed by atoms with Gasteiger partial charge in [-0.3, -0.25) is 9.36 Å². The predicted molar refractivity (Wildman–Crippen MR) is 111 cm³/mol. The molecule has 1 amide bonds. The Kier molecular flexibility index (Phi) is 7.24. The Balaban J connectivity index is 1.67. The molecular weight excluding hydrogens is 391 g/mol. The number of ether oxygens (including phenoxy) is 1. The maximum atomic E-state index is 13.3. The van der Waals surface area contributed by atoms with Crippen LogP contribution in [-0.2, 0) is 6.54 Å². The number of halogens is 1. The summed E-state index contributed by atoms with van der Waals surface area (Å²) in [7, 11) is 0. The maximum absolute atomic E-state index is 13.3. The lowest BCUT2D eigenvalue weighted by atomic mass is 10.2. The van der Waals surface area contributed by atoms with Gasteiger partial charge < -0.3 is 10.1 Å². The molecule has 0 aliphatic carbocycles. The number of hydrogen-bond acceptors (Lipinski definition) is 5. The predicted octanol–water partition coefficient (Wildman–Crippen LogP) is 4.24. The molecule has 3 aromatic rings. The zero-order chi connectivity index (χ0) is 20.6. The maximum Gasteiger partial charge on any atom is 0.251 e. The van der Waals surface area contributed by atoms with Crippen LogP contribution in [0.1, 0.15) is 35.9 Å². The fourth-order valence-electron chi connectivity index (χ4n) is 2.69. The van der Waals surface area contributed by atoms with E-state index in [2.05, 4.69) is 22.4 Å². The monoisotopic (exact) mass is 414 g/mol. The summed E-state index contributed by atoms with van der Waals surface area (Å²) < 4.78 is 20.7. The number of nitrogens with one attached hydrogen (secondary N) is 1. The fourth-order valence-corrected chi connectivity index (χ4v) is 3.21. The standard InChI is InChI=1S/C21H23FN4O2S/c1-3-4-13-28-18-11-5-15(6-12-18)20(27)23-14-19-24-25-21(29-2)26(19)17-9-7-16(22)8-10-17/h5-12H,3-4,13-14H2,1-2H3,(H,23,27). The van der Waals surface area contributed by atoms with Gasteiger partial charge in [0.1, 0.15) is 11.6 Å². The highest BCUT2D eigenvalue weighted by Crippen LogP contribution is 2.20. The molecule has 0 unspecified atom stereocenters. The number of unbranched alkanes of at least 4 members (excludes halogenated alkanes) is 1. The van der Waals surface area contributed by atoms with Crippen molar-refractivity contribution >= 4 is 17.7 Å². The van der Waals surface area contributed by atoms with Gasteiger partial charge in [-0.15, -0.1) is 10.2 Å². The van der Waals surface area contributed by atoms with Crippen LogP contribution in [0.15, 0.2) is 53.7 Å². The van der Waals surface area contributed by atoms with Crippen LogP contribution in [0.4, 0.5) is 4.39 Å². The van der Waals surface area contributed by atoms with Crippen molar-refractivity contribution in [3.8, 4) is 11.4 Å². The second kappa shape index (κ2) is 10.1. The lowest BCUT2D eigenvalue weighted by Gasteiger charge is -2.10. The topological polar surface area (TPSA) is 69.0 Å². The zero-order valence-corrected chi connectivity index (χ0v) is 17.2. The van der Waals surface area contributed by atoms with Crippen LogP contribution in [0.2, 0.25) is 0 Å². The molecule has 0 saturated carbocycles. The summed E-state index contributed by atoms with van der Waals surface area (Å²) in [5, 5.41) is 11.8. The summed E-state index contributed by atoms with van der Waals surface area (Å²) in [6.07, 6.45) is 3.95. The number of rotatable bonds is 9. The molecule has 0 spiro atoms. The first-order valence-electron chi connectivity index (χ1n) is 9.37. The van der Waals surface area contributed by atoms with E-state index in [0.717, 1.165) is 24.3 Å². The molecule has 29 heavy (non-hydrogen) atoms. The molecule has 0 fully saturated rings. The normalized spacial score (nSPS) is 10.7. The van der Waals surface area contributed by atoms with Gasteiger partial charge in [-0.25, -0.2) is 4.39 Å². The van der Waals surface area contributed by atoms with Gasteiger partial charge in [0, 0.05) is 11.3 Å². The van der Waals surface area contributed by atoms with Crippen LogP contribution in [0, 0.1) is 5.82 Å². The minimum Gasteiger partial charge on any atom is -0.494 e. The third kappa shape index (κ3) is 5.35. The highest BCUT2D eigenvalue weighted by molar-refractivity contribution is 7.98. The third-order valence-electron chi connectivity index (χ3n) is 4.26. The Hall–Kier alpha value is -2.87. The average molecular weight is 415 g/mol. The van der Waals surface area contributed by atoms with Gasteiger partial charge in [0.05, 0.1) is 13.2 Å². The van der Waals surface area contributed by atoms with E-state index < -0.39 is 0 Å². The number of benzene rings is 2. The molecular formula is C21H23FN4O2S. The van der Waals surface area contributed by atoms with Crippen LogP contribution >= 0.6 is 11.8 Å². The van der Waals surface area contributed by atoms with Crippen molar-refractivity contribution in [1.29, 1.82) is 0 Å². The molecule has 1 aromatic heterocycles. The molecule has 0 atom stereocenters. The Morgan fingerprint density at radius 1 is 1.14 bits per heavy atom. The zero-order valence-electron chi connectivity index (χ0n) is 16.4. The van der Waals surface area contributed by atoms with E-state index in [9.17, 15) is 9.18 Å². The van der Waals surface area contributed by atoms with Crippen LogP contribution in [-0.4, -0.2) is 33.5 Å². The van der Waals surface area contributed by atoms with E-state index in [0.29, 0.717) is 23.2 Å². The molecule has 0 bridgehead atoms. The van der Waals surface area contributed by atoms with Crippen molar-refractivity contribution in [1.82, 2.24) is 20.1 Å². The summed E-state index contributed by atoms with van der Waals surface area (Å²) in [6, 6.07) is 13.1. The van der Waals surface area contributed by atoms with Crippen molar-refractivity contribution in [2.24, 2.45) is 0 Å². The molecule has 1 heterocycles. The number of carbonyl (C=O) groups is 1. The second-order valence-corrected chi connectivity index (χ2v) is 7.10. The summed E-state index contributed by atoms with van der Waals surface area (Å²) in [4.78, 5) is 12.5. The molecule has 0 aliphatic heterocycles. The summed E-state index contributed by atoms with van der Waals surface area (Å²) in [6.45, 7) is 2.97. The lowest BCUT2D eigenvalue weighted by Crippen LogP contribution is -2.24. The second-order valence-electron chi connectivity index (χ2n) is 6.32. The molecule has 8 heteroatoms. The molecule has 3 rings (SSSR count). The van der Waals surface area contributed by atoms with Crippen molar-refractivity contribution in [2.75, 3.05) is 12.9 Å². The van der Waals surface area contributed by atoms with Crippen molar-refractivity contribution in [3.05, 3.63) is 65.7 Å². The highest BCUT2D eigenvalue weighted by atomic mass is 32.2. The van der Waals surface area contributed by atoms with E-state index >= 15 is 0 Å². The summed E-state index contributed by atoms with van der Waals surface area (Å²) in [5.41, 5.74) is 1.27. The highest BCUT2D eigenvalue weighted by Gasteiger charge is 2.15. The minimum absolute atomic E-state index is 0.193. The number of amides is 1. The van der Waals surface area contributed by atoms with Crippen LogP contribution in [0.25, 0.3) is 5.69 Å². The van der Waals surface area contributed by atoms with E-state index in [4.69, 9.17) is 4.74 Å². The van der Waals surface area contributed by atoms with Crippen LogP contribution < -0.4 is 10.1 Å². The molecule has 0 aliphatic rings. The number of nitrogens with zero attached hydrogens (tertiary/aromatic N) is 3. The van der Waals surface area contributed by atoms with E-state index in [1.54, 1.807) is 41.0 Å². The van der Waals surface area contributed by atoms with Crippen molar-refractivity contribution < 1.29 is 13.9 Å². The third-order valence-corrected chi connectivity index (χ3v) is 4.89. The Bertz CT molecular complexity index is 942. The summed E-state index contributed by atoms with van der Waals surface area (Å²) >= 11 is 1.42.